The molecule has 196 valence electrons. The van der Waals surface area contributed by atoms with Gasteiger partial charge in [0.2, 0.25) is 0 Å². The van der Waals surface area contributed by atoms with Gasteiger partial charge in [-0.3, -0.25) is 9.59 Å². The molecule has 1 N–H and O–H groups in total. The number of carbonyl (C=O) groups excluding carboxylic acids is 3. The van der Waals surface area contributed by atoms with E-state index in [1.165, 1.54) is 13.2 Å². The van der Waals surface area contributed by atoms with Crippen molar-refractivity contribution in [3.05, 3.63) is 52.6 Å². The van der Waals surface area contributed by atoms with Crippen molar-refractivity contribution in [2.75, 3.05) is 20.3 Å². The van der Waals surface area contributed by atoms with Crippen LogP contribution in [-0.4, -0.2) is 49.4 Å². The number of phenolic OH excluding ortho intramolecular Hbond substituents is 1. The van der Waals surface area contributed by atoms with Crippen molar-refractivity contribution in [2.24, 2.45) is 0 Å². The second kappa shape index (κ2) is 14.8. The van der Waals surface area contributed by atoms with Gasteiger partial charge >= 0.3 is 17.9 Å². The number of hydrogen-bond donors (Lipinski definition) is 1. The third kappa shape index (κ3) is 9.98. The number of ether oxygens (including phenoxy) is 4. The minimum Gasteiger partial charge on any atom is -0.507 e. The molecular formula is C28H36O8. The molecule has 0 bridgehead atoms. The number of allylic oxidation sites excluding steroid dienone is 2. The first kappa shape index (κ1) is 28.7. The first-order valence-electron chi connectivity index (χ1n) is 12.1. The molecule has 0 unspecified atom stereocenters. The molecule has 0 aliphatic carbocycles. The molecule has 0 saturated carbocycles. The molecule has 1 aliphatic rings. The Bertz CT molecular complexity index is 1020. The number of carbonyl (C=O) groups is 3. The lowest BCUT2D eigenvalue weighted by atomic mass is 10.0. The van der Waals surface area contributed by atoms with Crippen LogP contribution in [0.4, 0.5) is 0 Å². The summed E-state index contributed by atoms with van der Waals surface area (Å²) in [5, 5.41) is 10.5. The molecule has 0 radical (unpaired) electrons. The Morgan fingerprint density at radius 3 is 2.53 bits per heavy atom. The molecule has 0 aromatic heterocycles. The van der Waals surface area contributed by atoms with E-state index in [0.717, 1.165) is 24.0 Å². The summed E-state index contributed by atoms with van der Waals surface area (Å²) in [5.41, 5.74) is 2.36. The fraction of sp³-hybridized carbons (Fsp3) is 0.464. The number of methoxy groups -OCH3 is 1. The predicted molar refractivity (Wildman–Crippen MR) is 136 cm³/mol. The maximum Gasteiger partial charge on any atom is 0.342 e. The number of hydrogen-bond acceptors (Lipinski definition) is 8. The molecule has 1 atom stereocenters. The quantitative estimate of drug-likeness (QED) is 0.315. The first-order valence-corrected chi connectivity index (χ1v) is 12.1. The van der Waals surface area contributed by atoms with Gasteiger partial charge in [0.05, 0.1) is 19.6 Å². The zero-order valence-electron chi connectivity index (χ0n) is 21.5. The van der Waals surface area contributed by atoms with Gasteiger partial charge in [0.15, 0.2) is 0 Å². The van der Waals surface area contributed by atoms with Gasteiger partial charge in [-0.25, -0.2) is 4.79 Å². The van der Waals surface area contributed by atoms with Gasteiger partial charge in [0.25, 0.3) is 0 Å². The van der Waals surface area contributed by atoms with E-state index in [4.69, 9.17) is 18.9 Å². The highest BCUT2D eigenvalue weighted by Gasteiger charge is 2.21. The fourth-order valence-electron chi connectivity index (χ4n) is 3.52. The van der Waals surface area contributed by atoms with E-state index in [9.17, 15) is 19.5 Å². The summed E-state index contributed by atoms with van der Waals surface area (Å²) in [7, 11) is 1.44. The Hall–Kier alpha value is -3.55. The van der Waals surface area contributed by atoms with Crippen molar-refractivity contribution in [1.29, 1.82) is 0 Å². The third-order valence-electron chi connectivity index (χ3n) is 5.61. The van der Waals surface area contributed by atoms with Crippen LogP contribution < -0.4 is 4.74 Å². The maximum absolute atomic E-state index is 12.9. The van der Waals surface area contributed by atoms with Crippen LogP contribution >= 0.6 is 0 Å². The summed E-state index contributed by atoms with van der Waals surface area (Å²) < 4.78 is 21.3. The SMILES string of the molecule is COc1cc(O)c2c(c1)/C=C/CC(=O)OC/C=C(\C)CC/C=C(\C)COC(=O)CCC[C@H](C)OC2=O. The highest BCUT2D eigenvalue weighted by atomic mass is 16.5. The lowest BCUT2D eigenvalue weighted by Crippen LogP contribution is -2.17. The zero-order valence-corrected chi connectivity index (χ0v) is 21.5. The van der Waals surface area contributed by atoms with Crippen LogP contribution in [0, 0.1) is 0 Å². The molecule has 1 aromatic rings. The summed E-state index contributed by atoms with van der Waals surface area (Å²) in [5.74, 6) is -1.39. The van der Waals surface area contributed by atoms with Gasteiger partial charge in [0.1, 0.15) is 30.3 Å². The zero-order chi connectivity index (χ0) is 26.5. The minimum atomic E-state index is -0.716. The number of benzene rings is 1. The molecule has 1 heterocycles. The van der Waals surface area contributed by atoms with Gasteiger partial charge in [0, 0.05) is 12.5 Å². The second-order valence-electron chi connectivity index (χ2n) is 8.81. The van der Waals surface area contributed by atoms with Crippen molar-refractivity contribution in [2.45, 2.75) is 65.4 Å². The molecule has 1 aromatic carbocycles. The summed E-state index contributed by atoms with van der Waals surface area (Å²) in [4.78, 5) is 37.1. The number of esters is 3. The highest BCUT2D eigenvalue weighted by molar-refractivity contribution is 5.97. The molecule has 0 saturated heterocycles. The van der Waals surface area contributed by atoms with Crippen molar-refractivity contribution in [1.82, 2.24) is 0 Å². The fourth-order valence-corrected chi connectivity index (χ4v) is 3.52. The van der Waals surface area contributed by atoms with E-state index in [1.54, 1.807) is 25.1 Å². The Labute approximate surface area is 212 Å². The lowest BCUT2D eigenvalue weighted by Gasteiger charge is -2.16. The van der Waals surface area contributed by atoms with Gasteiger partial charge in [-0.1, -0.05) is 23.8 Å². The Morgan fingerprint density at radius 1 is 1.00 bits per heavy atom. The third-order valence-corrected chi connectivity index (χ3v) is 5.61. The van der Waals surface area contributed by atoms with E-state index in [1.807, 2.05) is 26.0 Å². The minimum absolute atomic E-state index is 0.00822. The van der Waals surface area contributed by atoms with Crippen molar-refractivity contribution in [3.8, 4) is 11.5 Å². The monoisotopic (exact) mass is 500 g/mol. The highest BCUT2D eigenvalue weighted by Crippen LogP contribution is 2.30. The predicted octanol–water partition coefficient (Wildman–Crippen LogP) is 5.29. The molecule has 8 heteroatoms. The van der Waals surface area contributed by atoms with E-state index >= 15 is 0 Å². The molecule has 0 amide bonds. The van der Waals surface area contributed by atoms with Gasteiger partial charge in [-0.2, -0.15) is 0 Å². The topological polar surface area (TPSA) is 108 Å². The van der Waals surface area contributed by atoms with E-state index < -0.39 is 18.0 Å². The maximum atomic E-state index is 12.9. The van der Waals surface area contributed by atoms with Crippen molar-refractivity contribution < 1.29 is 38.4 Å². The molecule has 0 fully saturated rings. The standard InChI is InChI=1S/C28H36O8/c1-19-8-5-9-20(2)18-35-26(31)12-6-10-21(3)36-28(32)27-22(16-23(33-4)17-24(27)29)11-7-13-25(30)34-15-14-19/h7,9,11,14,16-17,21,29H,5-6,8,10,12-13,15,18H2,1-4H3/b11-7+,19-14+,20-9+/t21-/m0/s1. The number of cyclic esters (lactones) is 3. The van der Waals surface area contributed by atoms with Crippen LogP contribution in [-0.2, 0) is 23.8 Å². The van der Waals surface area contributed by atoms with Crippen LogP contribution in [0.2, 0.25) is 0 Å². The average Bonchev–Trinajstić information content (AvgIpc) is 2.81. The Kier molecular flexibility index (Phi) is 11.8. The van der Waals surface area contributed by atoms with Crippen molar-refractivity contribution in [3.63, 3.8) is 0 Å². The lowest BCUT2D eigenvalue weighted by molar-refractivity contribution is -0.143. The first-order chi connectivity index (χ1) is 17.2. The van der Waals surface area contributed by atoms with E-state index in [2.05, 4.69) is 0 Å². The average molecular weight is 501 g/mol. The molecule has 8 nitrogen and oxygen atoms in total. The second-order valence-corrected chi connectivity index (χ2v) is 8.81. The molecule has 1 aliphatic heterocycles. The molecular weight excluding hydrogens is 464 g/mol. The number of aromatic hydroxyl groups is 1. The summed E-state index contributed by atoms with van der Waals surface area (Å²) in [6, 6.07) is 2.89. The van der Waals surface area contributed by atoms with E-state index in [0.29, 0.717) is 24.2 Å². The largest absolute Gasteiger partial charge is 0.507 e. The van der Waals surface area contributed by atoms with Gasteiger partial charge < -0.3 is 24.1 Å². The Balaban J connectivity index is 2.22. The molecule has 36 heavy (non-hydrogen) atoms. The van der Waals surface area contributed by atoms with E-state index in [-0.39, 0.29) is 43.3 Å². The van der Waals surface area contributed by atoms with Crippen LogP contribution in [0.25, 0.3) is 6.08 Å². The number of phenols is 1. The van der Waals surface area contributed by atoms with Crippen LogP contribution in [0.5, 0.6) is 11.5 Å². The van der Waals surface area contributed by atoms with Gasteiger partial charge in [-0.05, 0) is 69.7 Å². The van der Waals surface area contributed by atoms with Crippen molar-refractivity contribution >= 4 is 24.0 Å². The smallest absolute Gasteiger partial charge is 0.342 e. The van der Waals surface area contributed by atoms with Gasteiger partial charge in [-0.15, -0.1) is 0 Å². The summed E-state index contributed by atoms with van der Waals surface area (Å²) in [6.07, 6.45) is 9.25. The normalized spacial score (nSPS) is 23.4. The van der Waals surface area contributed by atoms with Crippen LogP contribution in [0.15, 0.2) is 41.5 Å². The molecule has 0 spiro atoms. The summed E-state index contributed by atoms with van der Waals surface area (Å²) >= 11 is 0. The Morgan fingerprint density at radius 2 is 1.78 bits per heavy atom. The molecule has 2 rings (SSSR count). The van der Waals surface area contributed by atoms with Crippen LogP contribution in [0.3, 0.4) is 0 Å². The number of fused-ring (bicyclic) bond motifs is 1. The van der Waals surface area contributed by atoms with Crippen LogP contribution in [0.1, 0.15) is 75.2 Å². The number of rotatable bonds is 1. The summed E-state index contributed by atoms with van der Waals surface area (Å²) in [6.45, 7) is 5.99.